The van der Waals surface area contributed by atoms with Gasteiger partial charge in [-0.05, 0) is 12.1 Å². The molecule has 1 amide bonds. The lowest BCUT2D eigenvalue weighted by Gasteiger charge is -2.33. The van der Waals surface area contributed by atoms with E-state index in [9.17, 15) is 9.18 Å². The number of halogens is 3. The second-order valence-electron chi connectivity index (χ2n) is 5.23. The molecule has 2 N–H and O–H groups in total. The molecule has 1 aromatic heterocycles. The molecule has 0 bridgehead atoms. The van der Waals surface area contributed by atoms with Crippen molar-refractivity contribution < 1.29 is 13.9 Å². The van der Waals surface area contributed by atoms with E-state index in [-0.39, 0.29) is 17.5 Å². The second kappa shape index (κ2) is 7.33. The van der Waals surface area contributed by atoms with Gasteiger partial charge in [0.2, 0.25) is 0 Å². The third-order valence-corrected chi connectivity index (χ3v) is 5.17. The Morgan fingerprint density at radius 1 is 1.46 bits per heavy atom. The first kappa shape index (κ1) is 17.6. The van der Waals surface area contributed by atoms with Gasteiger partial charge >= 0.3 is 0 Å². The number of amides is 1. The largest absolute Gasteiger partial charge is 0.370 e. The van der Waals surface area contributed by atoms with Gasteiger partial charge in [0, 0.05) is 29.1 Å². The van der Waals surface area contributed by atoms with Crippen molar-refractivity contribution >= 4 is 40.4 Å². The van der Waals surface area contributed by atoms with Crippen LogP contribution in [0.3, 0.4) is 0 Å². The maximum Gasteiger partial charge on any atom is 0.273 e. The van der Waals surface area contributed by atoms with Crippen LogP contribution in [0.2, 0.25) is 10.0 Å². The minimum atomic E-state index is -0.574. The van der Waals surface area contributed by atoms with Crippen molar-refractivity contribution in [2.75, 3.05) is 19.7 Å². The van der Waals surface area contributed by atoms with Crippen LogP contribution in [-0.2, 0) is 11.3 Å². The molecule has 9 heteroatoms. The van der Waals surface area contributed by atoms with Gasteiger partial charge in [0.1, 0.15) is 22.6 Å². The van der Waals surface area contributed by atoms with Gasteiger partial charge in [-0.25, -0.2) is 9.37 Å². The zero-order valence-corrected chi connectivity index (χ0v) is 14.8. The quantitative estimate of drug-likeness (QED) is 0.817. The van der Waals surface area contributed by atoms with E-state index in [4.69, 9.17) is 33.7 Å². The first-order valence-corrected chi connectivity index (χ1v) is 8.83. The van der Waals surface area contributed by atoms with Crippen molar-refractivity contribution in [2.24, 2.45) is 5.73 Å². The summed E-state index contributed by atoms with van der Waals surface area (Å²) in [6, 6.07) is 2.59. The Morgan fingerprint density at radius 3 is 2.96 bits per heavy atom. The predicted octanol–water partition coefficient (Wildman–Crippen LogP) is 3.26. The van der Waals surface area contributed by atoms with E-state index in [1.807, 2.05) is 0 Å². The van der Waals surface area contributed by atoms with Gasteiger partial charge in [-0.15, -0.1) is 11.3 Å². The van der Waals surface area contributed by atoms with E-state index in [0.29, 0.717) is 41.0 Å². The third kappa shape index (κ3) is 3.55. The minimum absolute atomic E-state index is 0.0516. The molecule has 3 rings (SSSR count). The van der Waals surface area contributed by atoms with E-state index in [1.54, 1.807) is 10.3 Å². The summed E-state index contributed by atoms with van der Waals surface area (Å²) in [5.74, 6) is -0.778. The lowest BCUT2D eigenvalue weighted by Crippen LogP contribution is -2.42. The summed E-state index contributed by atoms with van der Waals surface area (Å²) in [4.78, 5) is 18.4. The number of nitrogens with two attached hydrogens (primary N) is 1. The summed E-state index contributed by atoms with van der Waals surface area (Å²) in [5, 5.41) is 2.64. The highest BCUT2D eigenvalue weighted by Crippen LogP contribution is 2.32. The van der Waals surface area contributed by atoms with Crippen LogP contribution in [-0.4, -0.2) is 35.5 Å². The third-order valence-electron chi connectivity index (χ3n) is 3.69. The Labute approximate surface area is 152 Å². The van der Waals surface area contributed by atoms with Gasteiger partial charge in [-0.1, -0.05) is 23.2 Å². The molecule has 0 aliphatic carbocycles. The fourth-order valence-electron chi connectivity index (χ4n) is 2.47. The lowest BCUT2D eigenvalue weighted by molar-refractivity contribution is -0.0230. The average Bonchev–Trinajstić information content (AvgIpc) is 3.06. The van der Waals surface area contributed by atoms with E-state index in [2.05, 4.69) is 4.98 Å². The monoisotopic (exact) mass is 389 g/mol. The fraction of sp³-hybridized carbons (Fsp3) is 0.333. The normalized spacial score (nSPS) is 18.0. The molecule has 1 unspecified atom stereocenters. The maximum atomic E-state index is 13.7. The Bertz CT molecular complexity index is 771. The number of aromatic nitrogens is 1. The minimum Gasteiger partial charge on any atom is -0.370 e. The van der Waals surface area contributed by atoms with E-state index in [0.717, 1.165) is 0 Å². The maximum absolute atomic E-state index is 13.7. The summed E-state index contributed by atoms with van der Waals surface area (Å²) in [6.07, 6.45) is -0.519. The highest BCUT2D eigenvalue weighted by atomic mass is 35.5. The molecular formula is C15H14Cl2FN3O2S. The van der Waals surface area contributed by atoms with Crippen LogP contribution in [0, 0.1) is 5.82 Å². The predicted molar refractivity (Wildman–Crippen MR) is 91.0 cm³/mol. The van der Waals surface area contributed by atoms with E-state index < -0.39 is 11.9 Å². The van der Waals surface area contributed by atoms with E-state index >= 15 is 0 Å². The molecule has 1 atom stereocenters. The van der Waals surface area contributed by atoms with Gasteiger partial charge in [-0.3, -0.25) is 4.79 Å². The molecule has 1 aromatic carbocycles. The molecule has 1 saturated heterocycles. The first-order valence-electron chi connectivity index (χ1n) is 7.19. The number of carbonyl (C=O) groups excluding carboxylic acids is 1. The number of thiazole rings is 1. The average molecular weight is 390 g/mol. The highest BCUT2D eigenvalue weighted by molar-refractivity contribution is 7.09. The van der Waals surface area contributed by atoms with Gasteiger partial charge in [0.15, 0.2) is 0 Å². The number of benzene rings is 1. The van der Waals surface area contributed by atoms with Crippen molar-refractivity contribution in [1.29, 1.82) is 0 Å². The fourth-order valence-corrected chi connectivity index (χ4v) is 3.62. The van der Waals surface area contributed by atoms with E-state index in [1.165, 1.54) is 23.5 Å². The number of ether oxygens (including phenoxy) is 1. The molecule has 5 nitrogen and oxygen atoms in total. The van der Waals surface area contributed by atoms with Gasteiger partial charge in [-0.2, -0.15) is 0 Å². The van der Waals surface area contributed by atoms with Crippen LogP contribution in [0.1, 0.15) is 27.2 Å². The van der Waals surface area contributed by atoms with Crippen molar-refractivity contribution in [1.82, 2.24) is 9.88 Å². The molecule has 2 aromatic rings. The number of carbonyl (C=O) groups is 1. The van der Waals surface area contributed by atoms with Crippen molar-refractivity contribution in [2.45, 2.75) is 12.6 Å². The molecule has 128 valence electrons. The molecular weight excluding hydrogens is 376 g/mol. The van der Waals surface area contributed by atoms with Crippen molar-refractivity contribution in [3.8, 4) is 0 Å². The molecule has 24 heavy (non-hydrogen) atoms. The molecule has 0 radical (unpaired) electrons. The molecule has 1 fully saturated rings. The molecule has 0 saturated carbocycles. The van der Waals surface area contributed by atoms with Crippen LogP contribution in [0.15, 0.2) is 17.5 Å². The Hall–Kier alpha value is -1.25. The van der Waals surface area contributed by atoms with Crippen molar-refractivity contribution in [3.05, 3.63) is 49.6 Å². The summed E-state index contributed by atoms with van der Waals surface area (Å²) >= 11 is 13.2. The Balaban J connectivity index is 1.79. The van der Waals surface area contributed by atoms with Crippen LogP contribution in [0.5, 0.6) is 0 Å². The number of morpholine rings is 1. The van der Waals surface area contributed by atoms with Gasteiger partial charge in [0.25, 0.3) is 5.91 Å². The number of hydrogen-bond acceptors (Lipinski definition) is 5. The van der Waals surface area contributed by atoms with Crippen LogP contribution < -0.4 is 5.73 Å². The molecule has 2 heterocycles. The Morgan fingerprint density at radius 2 is 2.25 bits per heavy atom. The molecule has 0 spiro atoms. The summed E-state index contributed by atoms with van der Waals surface area (Å²) in [5.41, 5.74) is 6.35. The standard InChI is InChI=1S/C15H14Cl2FN3O2S/c16-9-4-10(17)11(18)3-8(9)13-6-21(1-2-23-13)15(22)12-7-24-14(5-19)20-12/h3-4,7,13H,1-2,5-6,19H2. The highest BCUT2D eigenvalue weighted by Gasteiger charge is 2.29. The van der Waals surface area contributed by atoms with Gasteiger partial charge < -0.3 is 15.4 Å². The number of nitrogens with zero attached hydrogens (tertiary/aromatic N) is 2. The summed E-state index contributed by atoms with van der Waals surface area (Å²) in [7, 11) is 0. The zero-order valence-electron chi connectivity index (χ0n) is 12.5. The first-order chi connectivity index (χ1) is 11.5. The SMILES string of the molecule is NCc1nc(C(=O)N2CCOC(c3cc(F)c(Cl)cc3Cl)C2)cs1. The topological polar surface area (TPSA) is 68.5 Å². The number of rotatable bonds is 3. The molecule has 1 aliphatic heterocycles. The summed E-state index contributed by atoms with van der Waals surface area (Å²) < 4.78 is 19.4. The van der Waals surface area contributed by atoms with Gasteiger partial charge in [0.05, 0.1) is 18.2 Å². The van der Waals surface area contributed by atoms with Crippen LogP contribution in [0.4, 0.5) is 4.39 Å². The Kier molecular flexibility index (Phi) is 5.36. The second-order valence-corrected chi connectivity index (χ2v) is 6.99. The van der Waals surface area contributed by atoms with Crippen LogP contribution in [0.25, 0.3) is 0 Å². The summed E-state index contributed by atoms with van der Waals surface area (Å²) in [6.45, 7) is 1.31. The number of hydrogen-bond donors (Lipinski definition) is 1. The zero-order chi connectivity index (χ0) is 17.3. The molecule has 1 aliphatic rings. The lowest BCUT2D eigenvalue weighted by atomic mass is 10.1. The van der Waals surface area contributed by atoms with Crippen molar-refractivity contribution in [3.63, 3.8) is 0 Å². The smallest absolute Gasteiger partial charge is 0.273 e. The van der Waals surface area contributed by atoms with Crippen LogP contribution >= 0.6 is 34.5 Å².